The number of fused-ring (bicyclic) bond motifs is 5. The smallest absolute Gasteiger partial charge is 0.136 e. The van der Waals surface area contributed by atoms with E-state index >= 15 is 0 Å². The summed E-state index contributed by atoms with van der Waals surface area (Å²) in [5.74, 6) is 0. The van der Waals surface area contributed by atoms with Gasteiger partial charge in [-0.15, -0.1) is 0 Å². The minimum absolute atomic E-state index is 0.598. The van der Waals surface area contributed by atoms with Crippen molar-refractivity contribution in [3.63, 3.8) is 0 Å². The van der Waals surface area contributed by atoms with Crippen molar-refractivity contribution in [1.29, 1.82) is 0 Å². The molecule has 0 aliphatic heterocycles. The monoisotopic (exact) mass is 600 g/mol. The molecule has 210 valence electrons. The van der Waals surface area contributed by atoms with Gasteiger partial charge in [0.25, 0.3) is 0 Å². The van der Waals surface area contributed by atoms with Gasteiger partial charge in [0.05, 0.1) is 38.4 Å². The Hall–Kier alpha value is -5.92. The van der Waals surface area contributed by atoms with Crippen LogP contribution in [0, 0.1) is 0 Å². The number of rotatable bonds is 4. The molecule has 0 spiro atoms. The van der Waals surface area contributed by atoms with Crippen molar-refractivity contribution in [2.24, 2.45) is 0 Å². The van der Waals surface area contributed by atoms with Crippen molar-refractivity contribution in [2.45, 2.75) is 0 Å². The van der Waals surface area contributed by atoms with Gasteiger partial charge < -0.3 is 4.42 Å². The Morgan fingerprint density at radius 2 is 0.867 bits per heavy atom. The zero-order chi connectivity index (χ0) is 54.1. The van der Waals surface area contributed by atoms with Crippen LogP contribution in [0.3, 0.4) is 0 Å². The summed E-state index contributed by atoms with van der Waals surface area (Å²) in [6.45, 7) is 0. The van der Waals surface area contributed by atoms with Gasteiger partial charge in [-0.05, 0) is 90.2 Å². The topological polar surface area (TPSA) is 13.1 Å². The van der Waals surface area contributed by atoms with Crippen molar-refractivity contribution in [3.05, 3.63) is 169 Å². The average molecular weight is 601 g/mol. The van der Waals surface area contributed by atoms with E-state index in [0.717, 1.165) is 0 Å². The first-order valence-corrected chi connectivity index (χ1v) is 13.2. The molecular weight excluding hydrogens is 544 g/mol. The number of hydrogen-bond donors (Lipinski definition) is 0. The van der Waals surface area contributed by atoms with Gasteiger partial charge in [0.2, 0.25) is 0 Å². The van der Waals surface area contributed by atoms with E-state index in [1.165, 1.54) is 0 Å². The quantitative estimate of drug-likeness (QED) is 0.183. The van der Waals surface area contributed by atoms with Gasteiger partial charge in [-0.3, -0.25) is 0 Å². The lowest BCUT2D eigenvalue weighted by molar-refractivity contribution is 0.669. The molecule has 9 aromatic rings. The Morgan fingerprint density at radius 3 is 1.53 bits per heavy atom. The van der Waals surface area contributed by atoms with E-state index in [1.807, 2.05) is 0 Å². The summed E-state index contributed by atoms with van der Waals surface area (Å²) in [4.78, 5) is 0. The van der Waals surface area contributed by atoms with E-state index in [-0.39, 0.29) is 0 Å². The van der Waals surface area contributed by atoms with Crippen molar-refractivity contribution in [1.82, 2.24) is 0 Å². The Kier molecular flexibility index (Phi) is 2.32. The van der Waals surface area contributed by atoms with Crippen LogP contribution in [-0.4, -0.2) is 0 Å². The Morgan fingerprint density at radius 1 is 0.333 bits per heavy atom. The van der Waals surface area contributed by atoms with Crippen LogP contribution in [0.2, 0.25) is 0 Å². The average Bonchev–Trinajstić information content (AvgIpc) is 3.76. The summed E-state index contributed by atoms with van der Waals surface area (Å²) in [6, 6.07) is -26.9. The number of benzene rings is 8. The fourth-order valence-corrected chi connectivity index (χ4v) is 5.23. The van der Waals surface area contributed by atoms with Gasteiger partial charge in [-0.1, -0.05) is 145 Å². The van der Waals surface area contributed by atoms with Gasteiger partial charge in [0.15, 0.2) is 0 Å². The molecule has 0 bridgehead atoms. The molecule has 1 nitrogen and oxygen atoms in total. The molecule has 1 aromatic heterocycles. The van der Waals surface area contributed by atoms with Crippen LogP contribution >= 0.6 is 0 Å². The van der Waals surface area contributed by atoms with Gasteiger partial charge in [0.1, 0.15) is 11.2 Å². The second-order valence-corrected chi connectivity index (χ2v) is 9.51. The van der Waals surface area contributed by atoms with E-state index < -0.39 is 257 Å². The van der Waals surface area contributed by atoms with Crippen LogP contribution in [0.5, 0.6) is 0 Å². The molecule has 0 N–H and O–H groups in total. The standard InChI is InChI=1S/C44H28O/c1-3-13-29(14-4-1)31-25-26-40-39(28-31)44-34(23-12-24-41(44)45-40)32-17-11-18-33(27-32)43-37-21-9-7-19-35(37)42(30-15-5-2-6-16-30)36-20-8-10-22-38(36)43/h1-28H/i1D,2D,3D,4D,5D,6D,7D,8D,9D,10D,11D,12D,13D,14D,15D,16D,17D,18D,19D,20D,21D,22D,23D,24D,25D,26D,27D,28D. The van der Waals surface area contributed by atoms with Crippen molar-refractivity contribution < 1.29 is 42.8 Å². The van der Waals surface area contributed by atoms with Gasteiger partial charge >= 0.3 is 0 Å². The summed E-state index contributed by atoms with van der Waals surface area (Å²) < 4.78 is 256. The molecule has 0 radical (unpaired) electrons. The maximum Gasteiger partial charge on any atom is 0.136 e. The molecule has 8 aromatic carbocycles. The SMILES string of the molecule is [2H]c1c([2H])c([2H])c(-c2c([2H])c([2H])c3oc4c([2H])c([2H])c([2H])c(-c5c([2H])c([2H])c([2H])c(-c6c7c([2H])c([2H])c([2H])c([2H])c7c(-c7c([2H])c([2H])c([2H])c([2H])c7[2H])c7c([2H])c([2H])c([2H])c([2H])c67)c5[2H])c4c3c2[2H])c([2H])c1[2H]. The zero-order valence-electron chi connectivity index (χ0n) is 50.4. The van der Waals surface area contributed by atoms with Gasteiger partial charge in [-0.25, -0.2) is 0 Å². The molecule has 9 rings (SSSR count). The molecule has 0 aliphatic carbocycles. The molecule has 1 heterocycles. The normalized spacial score (nSPS) is 20.3. The third-order valence-electron chi connectivity index (χ3n) is 7.07. The summed E-state index contributed by atoms with van der Waals surface area (Å²) >= 11 is 0. The van der Waals surface area contributed by atoms with E-state index in [1.54, 1.807) is 0 Å². The fourth-order valence-electron chi connectivity index (χ4n) is 5.23. The second-order valence-electron chi connectivity index (χ2n) is 9.51. The second kappa shape index (κ2) is 10.4. The maximum absolute atomic E-state index is 9.96. The Balaban J connectivity index is 1.58. The van der Waals surface area contributed by atoms with Crippen LogP contribution in [0.1, 0.15) is 38.4 Å². The number of furan rings is 1. The van der Waals surface area contributed by atoms with Gasteiger partial charge in [0, 0.05) is 10.8 Å². The van der Waals surface area contributed by atoms with Gasteiger partial charge in [-0.2, -0.15) is 0 Å². The molecule has 0 unspecified atom stereocenters. The van der Waals surface area contributed by atoms with Crippen LogP contribution in [0.4, 0.5) is 0 Å². The Labute approximate surface area is 301 Å². The highest BCUT2D eigenvalue weighted by atomic mass is 16.3. The van der Waals surface area contributed by atoms with Crippen LogP contribution < -0.4 is 0 Å². The first-order chi connectivity index (χ1) is 34.0. The molecular formula is C44H28O. The minimum atomic E-state index is -1.11. The predicted octanol–water partition coefficient (Wildman–Crippen LogP) is 12.6. The highest BCUT2D eigenvalue weighted by Gasteiger charge is 2.18. The van der Waals surface area contributed by atoms with Crippen LogP contribution in [-0.2, 0) is 0 Å². The van der Waals surface area contributed by atoms with E-state index in [9.17, 15) is 13.7 Å². The minimum Gasteiger partial charge on any atom is -0.456 e. The summed E-state index contributed by atoms with van der Waals surface area (Å²) in [6.07, 6.45) is 0. The molecule has 0 atom stereocenters. The largest absolute Gasteiger partial charge is 0.456 e. The first kappa shape index (κ1) is 10.1. The highest BCUT2D eigenvalue weighted by Crippen LogP contribution is 2.45. The molecule has 45 heavy (non-hydrogen) atoms. The lowest BCUT2D eigenvalue weighted by Gasteiger charge is -2.18. The molecule has 0 saturated carbocycles. The lowest BCUT2D eigenvalue weighted by Crippen LogP contribution is -1.91. The third kappa shape index (κ3) is 4.17. The predicted molar refractivity (Wildman–Crippen MR) is 190 cm³/mol. The van der Waals surface area contributed by atoms with E-state index in [0.29, 0.717) is 0 Å². The van der Waals surface area contributed by atoms with E-state index in [4.69, 9.17) is 29.1 Å². The van der Waals surface area contributed by atoms with Crippen molar-refractivity contribution in [2.75, 3.05) is 0 Å². The van der Waals surface area contributed by atoms with Crippen LogP contribution in [0.25, 0.3) is 88.0 Å². The zero-order valence-corrected chi connectivity index (χ0v) is 22.4. The first-order valence-electron chi connectivity index (χ1n) is 27.2. The highest BCUT2D eigenvalue weighted by molar-refractivity contribution is 6.21. The molecule has 0 aliphatic rings. The Bertz CT molecular complexity index is 3980. The molecule has 1 heteroatoms. The summed E-state index contributed by atoms with van der Waals surface area (Å²) in [5.41, 5.74) is -7.63. The van der Waals surface area contributed by atoms with E-state index in [2.05, 4.69) is 0 Å². The molecule has 0 fully saturated rings. The molecule has 0 saturated heterocycles. The van der Waals surface area contributed by atoms with Crippen LogP contribution in [0.15, 0.2) is 174 Å². The third-order valence-corrected chi connectivity index (χ3v) is 7.07. The molecule has 0 amide bonds. The lowest BCUT2D eigenvalue weighted by atomic mass is 9.85. The summed E-state index contributed by atoms with van der Waals surface area (Å²) in [7, 11) is 0. The van der Waals surface area contributed by atoms with Crippen molar-refractivity contribution >= 4 is 43.5 Å². The van der Waals surface area contributed by atoms with Crippen molar-refractivity contribution in [3.8, 4) is 44.5 Å². The number of hydrogen-bond acceptors (Lipinski definition) is 1. The fraction of sp³-hybridized carbons (Fsp3) is 0. The summed E-state index contributed by atoms with van der Waals surface area (Å²) in [5, 5.41) is -4.19. The maximum atomic E-state index is 9.96.